The van der Waals surface area contributed by atoms with Gasteiger partial charge >= 0.3 is 0 Å². The molecule has 2 fully saturated rings. The third kappa shape index (κ3) is 5.26. The maximum atomic E-state index is 13.2. The number of aromatic nitrogens is 1. The maximum absolute atomic E-state index is 13.2. The van der Waals surface area contributed by atoms with E-state index < -0.39 is 16.1 Å². The maximum Gasteiger partial charge on any atom is 0.243 e. The van der Waals surface area contributed by atoms with Crippen LogP contribution in [0.15, 0.2) is 47.5 Å². The minimum absolute atomic E-state index is 0.0812. The van der Waals surface area contributed by atoms with Crippen LogP contribution in [0.25, 0.3) is 10.9 Å². The van der Waals surface area contributed by atoms with Crippen molar-refractivity contribution in [3.63, 3.8) is 0 Å². The smallest absolute Gasteiger partial charge is 0.243 e. The molecule has 2 aromatic carbocycles. The standard InChI is InChI=1S/C28H37N5O3S/c1-19-13-22(7-9-26(19)31-23-16-29-17-23)15-30-28(34)21(3)33-18-20(2)25-14-24(8-10-27(25)33)37(35,36)32-11-5-4-6-12-32/h7-10,13-14,18,21,23,29,31H,4-6,11-12,15-17H2,1-3H3,(H,30,34). The number of nitrogens with zero attached hydrogens (tertiary/aromatic N) is 2. The van der Waals surface area contributed by atoms with Gasteiger partial charge in [0.25, 0.3) is 0 Å². The molecule has 1 amide bonds. The number of hydrogen-bond donors (Lipinski definition) is 3. The number of rotatable bonds is 8. The van der Waals surface area contributed by atoms with Gasteiger partial charge in [0.05, 0.1) is 10.9 Å². The van der Waals surface area contributed by atoms with E-state index in [2.05, 4.69) is 35.0 Å². The number of amides is 1. The van der Waals surface area contributed by atoms with Gasteiger partial charge in [-0.15, -0.1) is 0 Å². The predicted molar refractivity (Wildman–Crippen MR) is 147 cm³/mol. The van der Waals surface area contributed by atoms with Crippen LogP contribution in [0, 0.1) is 13.8 Å². The number of anilines is 1. The summed E-state index contributed by atoms with van der Waals surface area (Å²) in [5.74, 6) is -0.0812. The third-order valence-electron chi connectivity index (χ3n) is 7.65. The van der Waals surface area contributed by atoms with E-state index in [9.17, 15) is 13.2 Å². The van der Waals surface area contributed by atoms with Crippen LogP contribution in [0.5, 0.6) is 0 Å². The number of piperidine rings is 1. The molecule has 2 saturated heterocycles. The Hall–Kier alpha value is -2.88. The Morgan fingerprint density at radius 2 is 1.81 bits per heavy atom. The first-order valence-electron chi connectivity index (χ1n) is 13.2. The lowest BCUT2D eigenvalue weighted by Crippen LogP contribution is -2.51. The predicted octanol–water partition coefficient (Wildman–Crippen LogP) is 3.69. The molecule has 0 bridgehead atoms. The number of aryl methyl sites for hydroxylation is 2. The van der Waals surface area contributed by atoms with E-state index in [0.29, 0.717) is 30.6 Å². The summed E-state index contributed by atoms with van der Waals surface area (Å²) in [6.07, 6.45) is 4.82. The Bertz CT molecular complexity index is 1400. The first kappa shape index (κ1) is 25.8. The Kier molecular flexibility index (Phi) is 7.29. The summed E-state index contributed by atoms with van der Waals surface area (Å²) in [6.45, 7) is 9.48. The van der Waals surface area contributed by atoms with Crippen LogP contribution in [-0.4, -0.2) is 55.4 Å². The Morgan fingerprint density at radius 3 is 2.49 bits per heavy atom. The number of nitrogens with one attached hydrogen (secondary N) is 3. The second-order valence-corrected chi connectivity index (χ2v) is 12.3. The lowest BCUT2D eigenvalue weighted by atomic mass is 10.1. The summed E-state index contributed by atoms with van der Waals surface area (Å²) < 4.78 is 29.9. The van der Waals surface area contributed by atoms with E-state index in [0.717, 1.165) is 65.6 Å². The quantitative estimate of drug-likeness (QED) is 0.419. The first-order valence-corrected chi connectivity index (χ1v) is 14.6. The van der Waals surface area contributed by atoms with Gasteiger partial charge in [-0.3, -0.25) is 4.79 Å². The van der Waals surface area contributed by atoms with Gasteiger partial charge < -0.3 is 20.5 Å². The second kappa shape index (κ2) is 10.5. The molecule has 3 N–H and O–H groups in total. The lowest BCUT2D eigenvalue weighted by Gasteiger charge is -2.29. The van der Waals surface area contributed by atoms with Gasteiger partial charge in [-0.05, 0) is 74.6 Å². The summed E-state index contributed by atoms with van der Waals surface area (Å²) >= 11 is 0. The second-order valence-electron chi connectivity index (χ2n) is 10.4. The molecule has 8 nitrogen and oxygen atoms in total. The van der Waals surface area contributed by atoms with Gasteiger partial charge in [0.2, 0.25) is 15.9 Å². The molecule has 3 aromatic rings. The van der Waals surface area contributed by atoms with Crippen molar-refractivity contribution in [2.24, 2.45) is 0 Å². The van der Waals surface area contributed by atoms with E-state index in [1.165, 1.54) is 0 Å². The van der Waals surface area contributed by atoms with Crippen molar-refractivity contribution in [3.8, 4) is 0 Å². The molecule has 1 aromatic heterocycles. The number of sulfonamides is 1. The average Bonchev–Trinajstić information content (AvgIpc) is 3.21. The highest BCUT2D eigenvalue weighted by molar-refractivity contribution is 7.89. The molecule has 0 saturated carbocycles. The fourth-order valence-corrected chi connectivity index (χ4v) is 6.75. The minimum atomic E-state index is -3.51. The normalized spacial score (nSPS) is 17.9. The molecule has 9 heteroatoms. The zero-order valence-electron chi connectivity index (χ0n) is 21.9. The number of benzene rings is 2. The molecule has 1 unspecified atom stereocenters. The molecule has 37 heavy (non-hydrogen) atoms. The topological polar surface area (TPSA) is 95.5 Å². The van der Waals surface area contributed by atoms with E-state index in [1.54, 1.807) is 16.4 Å². The van der Waals surface area contributed by atoms with Crippen molar-refractivity contribution in [2.75, 3.05) is 31.5 Å². The highest BCUT2D eigenvalue weighted by atomic mass is 32.2. The molecule has 0 aliphatic carbocycles. The summed E-state index contributed by atoms with van der Waals surface area (Å²) in [6, 6.07) is 11.5. The fraction of sp³-hybridized carbons (Fsp3) is 0.464. The molecule has 198 valence electrons. The molecule has 1 atom stereocenters. The van der Waals surface area contributed by atoms with E-state index in [4.69, 9.17) is 0 Å². The Morgan fingerprint density at radius 1 is 1.05 bits per heavy atom. The number of fused-ring (bicyclic) bond motifs is 1. The molecule has 5 rings (SSSR count). The summed E-state index contributed by atoms with van der Waals surface area (Å²) in [4.78, 5) is 13.4. The summed E-state index contributed by atoms with van der Waals surface area (Å²) in [7, 11) is -3.51. The third-order valence-corrected chi connectivity index (χ3v) is 9.55. The average molecular weight is 524 g/mol. The van der Waals surface area contributed by atoms with E-state index >= 15 is 0 Å². The van der Waals surface area contributed by atoms with Crippen LogP contribution < -0.4 is 16.0 Å². The van der Waals surface area contributed by atoms with Gasteiger partial charge in [0.15, 0.2) is 0 Å². The van der Waals surface area contributed by atoms with Crippen molar-refractivity contribution in [1.29, 1.82) is 0 Å². The van der Waals surface area contributed by atoms with Crippen LogP contribution in [0.2, 0.25) is 0 Å². The highest BCUT2D eigenvalue weighted by Crippen LogP contribution is 2.29. The summed E-state index contributed by atoms with van der Waals surface area (Å²) in [5.41, 5.74) is 5.15. The van der Waals surface area contributed by atoms with Crippen LogP contribution >= 0.6 is 0 Å². The highest BCUT2D eigenvalue weighted by Gasteiger charge is 2.27. The fourth-order valence-electron chi connectivity index (χ4n) is 5.21. The van der Waals surface area contributed by atoms with Crippen molar-refractivity contribution >= 4 is 32.5 Å². The molecular weight excluding hydrogens is 486 g/mol. The molecule has 0 radical (unpaired) electrons. The summed E-state index contributed by atoms with van der Waals surface area (Å²) in [5, 5.41) is 10.7. The molecular formula is C28H37N5O3S. The van der Waals surface area contributed by atoms with Crippen molar-refractivity contribution in [1.82, 2.24) is 19.5 Å². The van der Waals surface area contributed by atoms with Gasteiger partial charge in [0, 0.05) is 55.5 Å². The van der Waals surface area contributed by atoms with Crippen LogP contribution in [-0.2, 0) is 21.4 Å². The first-order chi connectivity index (χ1) is 17.7. The minimum Gasteiger partial charge on any atom is -0.380 e. The monoisotopic (exact) mass is 523 g/mol. The van der Waals surface area contributed by atoms with Gasteiger partial charge in [-0.2, -0.15) is 4.31 Å². The van der Waals surface area contributed by atoms with Gasteiger partial charge in [-0.1, -0.05) is 18.6 Å². The number of carbonyl (C=O) groups is 1. The van der Waals surface area contributed by atoms with Crippen LogP contribution in [0.1, 0.15) is 48.9 Å². The van der Waals surface area contributed by atoms with Gasteiger partial charge in [-0.25, -0.2) is 8.42 Å². The zero-order valence-corrected chi connectivity index (χ0v) is 22.7. The van der Waals surface area contributed by atoms with Crippen LogP contribution in [0.4, 0.5) is 5.69 Å². The van der Waals surface area contributed by atoms with Gasteiger partial charge in [0.1, 0.15) is 6.04 Å². The van der Waals surface area contributed by atoms with E-state index in [-0.39, 0.29) is 5.91 Å². The molecule has 0 spiro atoms. The number of hydrogen-bond acceptors (Lipinski definition) is 5. The number of carbonyl (C=O) groups excluding carboxylic acids is 1. The van der Waals surface area contributed by atoms with Crippen molar-refractivity contribution in [3.05, 3.63) is 59.3 Å². The molecule has 3 heterocycles. The molecule has 2 aliphatic rings. The van der Waals surface area contributed by atoms with Crippen molar-refractivity contribution < 1.29 is 13.2 Å². The Labute approximate surface area is 219 Å². The zero-order chi connectivity index (χ0) is 26.2. The van der Waals surface area contributed by atoms with Crippen LogP contribution in [0.3, 0.4) is 0 Å². The molecule has 2 aliphatic heterocycles. The largest absolute Gasteiger partial charge is 0.380 e. The Balaban J connectivity index is 1.28. The van der Waals surface area contributed by atoms with E-state index in [1.807, 2.05) is 36.7 Å². The lowest BCUT2D eigenvalue weighted by molar-refractivity contribution is -0.123. The van der Waals surface area contributed by atoms with Crippen molar-refractivity contribution in [2.45, 2.75) is 63.6 Å². The SMILES string of the molecule is Cc1cc(CNC(=O)C(C)n2cc(C)c3cc(S(=O)(=O)N4CCCCC4)ccc32)ccc1NC1CNC1.